The van der Waals surface area contributed by atoms with E-state index in [2.05, 4.69) is 19.7 Å². The van der Waals surface area contributed by atoms with Gasteiger partial charge >= 0.3 is 0 Å². The number of likely N-dealkylation sites (tertiary alicyclic amines) is 1. The molecule has 2 aromatic carbocycles. The van der Waals surface area contributed by atoms with Crippen molar-refractivity contribution in [2.24, 2.45) is 0 Å². The average molecular weight is 438 g/mol. The van der Waals surface area contributed by atoms with Crippen LogP contribution in [0.2, 0.25) is 0 Å². The number of carbonyl (C=O) groups is 1. The summed E-state index contributed by atoms with van der Waals surface area (Å²) in [6, 6.07) is 13.6. The van der Waals surface area contributed by atoms with E-state index < -0.39 is 5.54 Å². The smallest absolute Gasteiger partial charge is 0.259 e. The van der Waals surface area contributed by atoms with Crippen molar-refractivity contribution in [1.82, 2.24) is 4.90 Å². The van der Waals surface area contributed by atoms with Crippen LogP contribution in [0.4, 0.5) is 0 Å². The Kier molecular flexibility index (Phi) is 6.99. The first-order valence-electron chi connectivity index (χ1n) is 10.5. The van der Waals surface area contributed by atoms with Gasteiger partial charge in [0.2, 0.25) is 0 Å². The second-order valence-electron chi connectivity index (χ2n) is 7.39. The lowest BCUT2D eigenvalue weighted by Gasteiger charge is -2.41. The largest absolute Gasteiger partial charge is 0.508 e. The zero-order valence-electron chi connectivity index (χ0n) is 18.6. The Bertz CT molecular complexity index is 1150. The first-order chi connectivity index (χ1) is 15.9. The van der Waals surface area contributed by atoms with Gasteiger partial charge in [-0.15, -0.1) is 0 Å². The molecule has 4 nitrogen and oxygen atoms in total. The predicted octanol–water partition coefficient (Wildman–Crippen LogP) is 6.05. The molecular formula is C29H27NO3. The number of phenols is 2. The van der Waals surface area contributed by atoms with Crippen molar-refractivity contribution >= 4 is 5.91 Å². The Balaban J connectivity index is 2.54. The quantitative estimate of drug-likeness (QED) is 0.409. The molecule has 0 aliphatic carbocycles. The van der Waals surface area contributed by atoms with Crippen LogP contribution in [0.25, 0.3) is 0 Å². The maximum Gasteiger partial charge on any atom is 0.259 e. The van der Waals surface area contributed by atoms with Gasteiger partial charge in [0, 0.05) is 11.3 Å². The molecule has 0 unspecified atom stereocenters. The van der Waals surface area contributed by atoms with Crippen LogP contribution in [0.15, 0.2) is 134 Å². The number of benzene rings is 2. The molecule has 1 saturated heterocycles. The number of rotatable bonds is 7. The number of hydrogen-bond donors (Lipinski definition) is 2. The van der Waals surface area contributed by atoms with Gasteiger partial charge in [0.25, 0.3) is 5.91 Å². The highest BCUT2D eigenvalue weighted by molar-refractivity contribution is 6.06. The number of hydrogen-bond acceptors (Lipinski definition) is 3. The Labute approximate surface area is 194 Å². The van der Waals surface area contributed by atoms with Gasteiger partial charge in [-0.1, -0.05) is 74.4 Å². The van der Waals surface area contributed by atoms with Crippen molar-refractivity contribution in [3.8, 4) is 11.5 Å². The lowest BCUT2D eigenvalue weighted by Crippen LogP contribution is -2.44. The molecule has 1 fully saturated rings. The molecule has 166 valence electrons. The van der Waals surface area contributed by atoms with E-state index in [-0.39, 0.29) is 17.4 Å². The van der Waals surface area contributed by atoms with E-state index >= 15 is 0 Å². The molecule has 0 saturated carbocycles. The number of carbonyl (C=O) groups excluding carboxylic acids is 1. The third-order valence-corrected chi connectivity index (χ3v) is 5.54. The van der Waals surface area contributed by atoms with Gasteiger partial charge < -0.3 is 10.2 Å². The Morgan fingerprint density at radius 1 is 0.879 bits per heavy atom. The van der Waals surface area contributed by atoms with Crippen LogP contribution in [-0.2, 0) is 10.3 Å². The van der Waals surface area contributed by atoms with Crippen LogP contribution in [-0.4, -0.2) is 21.0 Å². The van der Waals surface area contributed by atoms with Gasteiger partial charge in [-0.2, -0.15) is 0 Å². The highest BCUT2D eigenvalue weighted by Gasteiger charge is 2.55. The topological polar surface area (TPSA) is 60.8 Å². The minimum Gasteiger partial charge on any atom is -0.508 e. The number of amides is 1. The maximum absolute atomic E-state index is 14.0. The standard InChI is InChI=1S/C29H27NO3/c1-5-9-12-23(10-6-2)30-28(33)26(11-7-3)27(8-4)29(30,21-13-17-24(31)18-14-21)22-15-19-25(32)20-16-22/h5-20,31-32H,1-3H2,4H3/b12-9-,23-10+,26-11+,27-8+. The molecule has 0 atom stereocenters. The third kappa shape index (κ3) is 3.99. The van der Waals surface area contributed by atoms with E-state index in [0.29, 0.717) is 11.3 Å². The SMILES string of the molecule is C=C/C=C\C(=C/C=C)N1C(=O)C(=C/C=C)/C(=C\C)C1(c1ccc(O)cc1)c1ccc(O)cc1. The summed E-state index contributed by atoms with van der Waals surface area (Å²) in [7, 11) is 0. The summed E-state index contributed by atoms with van der Waals surface area (Å²) in [6.45, 7) is 13.3. The van der Waals surface area contributed by atoms with E-state index in [9.17, 15) is 15.0 Å². The van der Waals surface area contributed by atoms with E-state index in [4.69, 9.17) is 0 Å². The van der Waals surface area contributed by atoms with Crippen LogP contribution < -0.4 is 0 Å². The van der Waals surface area contributed by atoms with Gasteiger partial charge in [0.05, 0.1) is 0 Å². The monoisotopic (exact) mass is 437 g/mol. The minimum atomic E-state index is -1.08. The molecule has 0 radical (unpaired) electrons. The Hall–Kier alpha value is -4.31. The summed E-state index contributed by atoms with van der Waals surface area (Å²) in [5.41, 5.74) is 2.30. The average Bonchev–Trinajstić information content (AvgIpc) is 3.06. The first-order valence-corrected chi connectivity index (χ1v) is 10.5. The summed E-state index contributed by atoms with van der Waals surface area (Å²) in [5.74, 6) is 0.0199. The molecule has 2 aromatic rings. The van der Waals surface area contributed by atoms with Crippen LogP contribution in [0.5, 0.6) is 11.5 Å². The van der Waals surface area contributed by atoms with Crippen LogP contribution >= 0.6 is 0 Å². The van der Waals surface area contributed by atoms with Gasteiger partial charge in [0.15, 0.2) is 0 Å². The summed E-state index contributed by atoms with van der Waals surface area (Å²) in [4.78, 5) is 15.7. The highest BCUT2D eigenvalue weighted by Crippen LogP contribution is 2.53. The zero-order valence-corrected chi connectivity index (χ0v) is 18.6. The molecule has 1 aliphatic heterocycles. The van der Waals surface area contributed by atoms with Crippen molar-refractivity contribution in [2.75, 3.05) is 0 Å². The lowest BCUT2D eigenvalue weighted by molar-refractivity contribution is -0.125. The van der Waals surface area contributed by atoms with Gasteiger partial charge in [-0.05, 0) is 66.1 Å². The molecule has 4 heteroatoms. The van der Waals surface area contributed by atoms with E-state index in [0.717, 1.165) is 16.7 Å². The molecule has 1 aliphatic rings. The van der Waals surface area contributed by atoms with Crippen molar-refractivity contribution in [3.63, 3.8) is 0 Å². The van der Waals surface area contributed by atoms with Gasteiger partial charge in [-0.3, -0.25) is 9.69 Å². The van der Waals surface area contributed by atoms with Gasteiger partial charge in [0.1, 0.15) is 17.0 Å². The third-order valence-electron chi connectivity index (χ3n) is 5.54. The van der Waals surface area contributed by atoms with E-state index in [1.807, 2.05) is 13.0 Å². The molecule has 0 spiro atoms. The summed E-state index contributed by atoms with van der Waals surface area (Å²) in [5, 5.41) is 20.0. The summed E-state index contributed by atoms with van der Waals surface area (Å²) in [6.07, 6.45) is 13.8. The molecule has 0 aromatic heterocycles. The second kappa shape index (κ2) is 9.88. The molecule has 1 heterocycles. The summed E-state index contributed by atoms with van der Waals surface area (Å²) < 4.78 is 0. The fraction of sp³-hybridized carbons (Fsp3) is 0.0690. The van der Waals surface area contributed by atoms with Crippen LogP contribution in [0.1, 0.15) is 18.1 Å². The number of allylic oxidation sites excluding steroid dienone is 8. The van der Waals surface area contributed by atoms with E-state index in [1.54, 1.807) is 96.0 Å². The van der Waals surface area contributed by atoms with Crippen molar-refractivity contribution in [3.05, 3.63) is 145 Å². The van der Waals surface area contributed by atoms with Crippen LogP contribution in [0, 0.1) is 0 Å². The highest BCUT2D eigenvalue weighted by atomic mass is 16.3. The Morgan fingerprint density at radius 3 is 1.85 bits per heavy atom. The predicted molar refractivity (Wildman–Crippen MR) is 133 cm³/mol. The van der Waals surface area contributed by atoms with Crippen molar-refractivity contribution < 1.29 is 15.0 Å². The van der Waals surface area contributed by atoms with Gasteiger partial charge in [-0.25, -0.2) is 0 Å². The maximum atomic E-state index is 14.0. The van der Waals surface area contributed by atoms with E-state index in [1.165, 1.54) is 0 Å². The molecule has 0 bridgehead atoms. The molecule has 2 N–H and O–H groups in total. The zero-order chi connectivity index (χ0) is 24.0. The van der Waals surface area contributed by atoms with Crippen molar-refractivity contribution in [2.45, 2.75) is 12.5 Å². The van der Waals surface area contributed by atoms with Crippen molar-refractivity contribution in [1.29, 1.82) is 0 Å². The fourth-order valence-electron chi connectivity index (χ4n) is 4.29. The molecular weight excluding hydrogens is 410 g/mol. The molecule has 33 heavy (non-hydrogen) atoms. The first kappa shape index (κ1) is 23.4. The molecule has 1 amide bonds. The molecule has 3 rings (SSSR count). The normalized spacial score (nSPS) is 18.3. The second-order valence-corrected chi connectivity index (χ2v) is 7.39. The fourth-order valence-corrected chi connectivity index (χ4v) is 4.29. The Morgan fingerprint density at radius 2 is 1.42 bits per heavy atom. The minimum absolute atomic E-state index is 0.118. The number of aromatic hydroxyl groups is 2. The number of nitrogens with zero attached hydrogens (tertiary/aromatic N) is 1. The number of phenolic OH excluding ortho intramolecular Hbond substituents is 2. The lowest BCUT2D eigenvalue weighted by atomic mass is 9.75. The van der Waals surface area contributed by atoms with Crippen LogP contribution in [0.3, 0.4) is 0 Å². The summed E-state index contributed by atoms with van der Waals surface area (Å²) >= 11 is 0.